The molecule has 8 heteroatoms. The molecule has 0 saturated carbocycles. The van der Waals surface area contributed by atoms with Gasteiger partial charge in [-0.25, -0.2) is 14.9 Å². The van der Waals surface area contributed by atoms with E-state index in [0.717, 1.165) is 4.90 Å². The average Bonchev–Trinajstić information content (AvgIpc) is 2.45. The Morgan fingerprint density at radius 2 is 1.35 bits per heavy atom. The summed E-state index contributed by atoms with van der Waals surface area (Å²) >= 11 is 0. The number of hydrogen-bond acceptors (Lipinski definition) is 6. The largest absolute Gasteiger partial charge is 0.443 e. The Labute approximate surface area is 153 Å². The maximum atomic E-state index is 12.5. The number of carbonyl (C=O) groups excluding carboxylic acids is 3. The molecule has 0 heterocycles. The van der Waals surface area contributed by atoms with Crippen LogP contribution in [0.15, 0.2) is 24.3 Å². The maximum Gasteiger partial charge on any atom is 0.424 e. The van der Waals surface area contributed by atoms with Crippen LogP contribution >= 0.6 is 0 Å². The third-order valence-corrected chi connectivity index (χ3v) is 2.69. The third kappa shape index (κ3) is 7.10. The molecular formula is C18H26N3O5. The predicted octanol–water partition coefficient (Wildman–Crippen LogP) is 3.08. The molecule has 1 radical (unpaired) electrons. The van der Waals surface area contributed by atoms with Gasteiger partial charge in [0.05, 0.1) is 17.9 Å². The van der Waals surface area contributed by atoms with Gasteiger partial charge in [0.25, 0.3) is 5.91 Å². The van der Waals surface area contributed by atoms with E-state index in [-0.39, 0.29) is 12.2 Å². The first kappa shape index (κ1) is 21.4. The number of nitrogens with two attached hydrogens (primary N) is 1. The molecule has 0 aromatic heterocycles. The van der Waals surface area contributed by atoms with Crippen molar-refractivity contribution in [3.8, 4) is 0 Å². The highest BCUT2D eigenvalue weighted by atomic mass is 16.6. The Hall–Kier alpha value is -2.61. The van der Waals surface area contributed by atoms with Crippen LogP contribution in [-0.2, 0) is 14.3 Å². The summed E-state index contributed by atoms with van der Waals surface area (Å²) in [4.78, 5) is 37.1. The fourth-order valence-corrected chi connectivity index (χ4v) is 1.77. The van der Waals surface area contributed by atoms with E-state index in [4.69, 9.17) is 15.2 Å². The number of hydrogen-bond donors (Lipinski definition) is 1. The van der Waals surface area contributed by atoms with Crippen molar-refractivity contribution in [2.75, 3.05) is 11.4 Å². The Morgan fingerprint density at radius 3 is 1.69 bits per heavy atom. The monoisotopic (exact) mass is 364 g/mol. The van der Waals surface area contributed by atoms with E-state index in [1.807, 2.05) is 0 Å². The van der Waals surface area contributed by atoms with Crippen LogP contribution < -0.4 is 16.0 Å². The van der Waals surface area contributed by atoms with Crippen molar-refractivity contribution in [2.45, 2.75) is 52.7 Å². The van der Waals surface area contributed by atoms with E-state index >= 15 is 0 Å². The molecule has 8 nitrogen and oxygen atoms in total. The standard InChI is InChI=1S/C18H26N3O5/c1-17(2,3)25-15(23)21(16(24)26-18(4,5)6)13-9-7-12(8-10-13)20-14(22)11-19/h7-10H,11,19H2,1-6H3. The molecule has 0 atom stereocenters. The Kier molecular flexibility index (Phi) is 6.74. The zero-order valence-corrected chi connectivity index (χ0v) is 16.0. The van der Waals surface area contributed by atoms with E-state index in [1.54, 1.807) is 41.5 Å². The van der Waals surface area contributed by atoms with Gasteiger partial charge >= 0.3 is 12.2 Å². The minimum Gasteiger partial charge on any atom is -0.443 e. The molecule has 26 heavy (non-hydrogen) atoms. The summed E-state index contributed by atoms with van der Waals surface area (Å²) in [5.74, 6) is -0.478. The number of carbonyl (C=O) groups is 3. The molecule has 3 amide bonds. The Balaban J connectivity index is 3.13. The van der Waals surface area contributed by atoms with Crippen LogP contribution in [0, 0.1) is 0 Å². The Morgan fingerprint density at radius 1 is 0.923 bits per heavy atom. The highest BCUT2D eigenvalue weighted by molar-refractivity contribution is 6.09. The minimum absolute atomic E-state index is 0.205. The van der Waals surface area contributed by atoms with Crippen molar-refractivity contribution in [3.05, 3.63) is 24.3 Å². The lowest BCUT2D eigenvalue weighted by Crippen LogP contribution is -2.43. The zero-order valence-electron chi connectivity index (χ0n) is 16.0. The van der Waals surface area contributed by atoms with Gasteiger partial charge in [-0.1, -0.05) is 0 Å². The molecule has 0 bridgehead atoms. The molecule has 0 aliphatic carbocycles. The summed E-state index contributed by atoms with van der Waals surface area (Å²) in [7, 11) is 0. The number of rotatable bonds is 3. The van der Waals surface area contributed by atoms with Gasteiger partial charge in [0.15, 0.2) is 0 Å². The molecule has 1 aromatic rings. The van der Waals surface area contributed by atoms with Gasteiger partial charge in [0.2, 0.25) is 0 Å². The van der Waals surface area contributed by atoms with Crippen molar-refractivity contribution in [3.63, 3.8) is 0 Å². The van der Waals surface area contributed by atoms with Crippen LogP contribution in [0.4, 0.5) is 21.0 Å². The molecule has 0 aliphatic heterocycles. The second kappa shape index (κ2) is 8.18. The normalized spacial score (nSPS) is 11.5. The van der Waals surface area contributed by atoms with Gasteiger partial charge in [0, 0.05) is 0 Å². The highest BCUT2D eigenvalue weighted by Gasteiger charge is 2.32. The number of nitrogens with zero attached hydrogens (tertiary/aromatic N) is 2. The van der Waals surface area contributed by atoms with Crippen LogP contribution in [0.3, 0.4) is 0 Å². The highest BCUT2D eigenvalue weighted by Crippen LogP contribution is 2.23. The summed E-state index contributed by atoms with van der Waals surface area (Å²) in [6, 6.07) is 5.92. The molecule has 0 fully saturated rings. The number of ether oxygens (including phenoxy) is 2. The van der Waals surface area contributed by atoms with Gasteiger partial charge < -0.3 is 15.2 Å². The second-order valence-corrected chi connectivity index (χ2v) is 7.52. The summed E-state index contributed by atoms with van der Waals surface area (Å²) in [6.07, 6.45) is -1.73. The molecule has 0 aliphatic rings. The van der Waals surface area contributed by atoms with E-state index in [2.05, 4.69) is 5.32 Å². The smallest absolute Gasteiger partial charge is 0.424 e. The molecule has 143 valence electrons. The lowest BCUT2D eigenvalue weighted by molar-refractivity contribution is -0.118. The fraction of sp³-hybridized carbons (Fsp3) is 0.500. The molecule has 0 spiro atoms. The van der Waals surface area contributed by atoms with Gasteiger partial charge in [-0.15, -0.1) is 0 Å². The lowest BCUT2D eigenvalue weighted by atomic mass is 10.2. The minimum atomic E-state index is -0.866. The lowest BCUT2D eigenvalue weighted by Gasteiger charge is -2.28. The van der Waals surface area contributed by atoms with E-state index in [0.29, 0.717) is 5.69 Å². The van der Waals surface area contributed by atoms with Gasteiger partial charge in [-0.3, -0.25) is 4.79 Å². The Bertz CT molecular complexity index is 629. The molecule has 2 N–H and O–H groups in total. The summed E-state index contributed by atoms with van der Waals surface area (Å²) in [5, 5.41) is 3.77. The van der Waals surface area contributed by atoms with Crippen LogP contribution in [0.5, 0.6) is 0 Å². The second-order valence-electron chi connectivity index (χ2n) is 7.52. The van der Waals surface area contributed by atoms with Crippen LogP contribution in [-0.4, -0.2) is 35.8 Å². The topological polar surface area (TPSA) is 113 Å². The fourth-order valence-electron chi connectivity index (χ4n) is 1.77. The first-order valence-electron chi connectivity index (χ1n) is 8.13. The summed E-state index contributed by atoms with van der Waals surface area (Å²) in [6.45, 7) is 9.95. The van der Waals surface area contributed by atoms with Crippen LogP contribution in [0.25, 0.3) is 0 Å². The van der Waals surface area contributed by atoms with Gasteiger partial charge in [-0.2, -0.15) is 4.90 Å². The zero-order chi connectivity index (χ0) is 20.1. The maximum absolute atomic E-state index is 12.5. The van der Waals surface area contributed by atoms with Crippen LogP contribution in [0.2, 0.25) is 0 Å². The van der Waals surface area contributed by atoms with Crippen molar-refractivity contribution < 1.29 is 23.9 Å². The molecule has 1 rings (SSSR count). The third-order valence-electron chi connectivity index (χ3n) is 2.69. The average molecular weight is 364 g/mol. The van der Waals surface area contributed by atoms with Crippen molar-refractivity contribution in [1.82, 2.24) is 5.32 Å². The predicted molar refractivity (Wildman–Crippen MR) is 97.2 cm³/mol. The van der Waals surface area contributed by atoms with Gasteiger partial charge in [0.1, 0.15) is 11.2 Å². The number of imide groups is 1. The SMILES string of the molecule is CC(C)(C)OC(=O)N(C(=O)OC(C)(C)C)c1ccc([N]C(=O)CN)cc1. The van der Waals surface area contributed by atoms with Crippen molar-refractivity contribution >= 4 is 29.5 Å². The van der Waals surface area contributed by atoms with E-state index < -0.39 is 29.3 Å². The quantitative estimate of drug-likeness (QED) is 0.882. The number of amides is 3. The van der Waals surface area contributed by atoms with Gasteiger partial charge in [-0.05, 0) is 65.8 Å². The molecule has 0 saturated heterocycles. The van der Waals surface area contributed by atoms with Crippen LogP contribution in [0.1, 0.15) is 41.5 Å². The molecule has 1 aromatic carbocycles. The van der Waals surface area contributed by atoms with Crippen molar-refractivity contribution in [1.29, 1.82) is 0 Å². The summed E-state index contributed by atoms with van der Waals surface area (Å²) in [5.41, 5.74) is 4.23. The molecular weight excluding hydrogens is 338 g/mol. The first-order valence-corrected chi connectivity index (χ1v) is 8.13. The van der Waals surface area contributed by atoms with Crippen molar-refractivity contribution in [2.24, 2.45) is 5.73 Å². The van der Waals surface area contributed by atoms with E-state index in [9.17, 15) is 14.4 Å². The first-order chi connectivity index (χ1) is 11.8. The number of benzene rings is 1. The molecule has 0 unspecified atom stereocenters. The summed E-state index contributed by atoms with van der Waals surface area (Å²) < 4.78 is 10.6. The number of anilines is 1. The van der Waals surface area contributed by atoms with E-state index in [1.165, 1.54) is 24.3 Å².